The number of aliphatic hydroxyl groups is 1. The van der Waals surface area contributed by atoms with Gasteiger partial charge in [0.05, 0.1) is 11.5 Å². The van der Waals surface area contributed by atoms with E-state index in [1.54, 1.807) is 0 Å². The molecule has 1 atom stereocenters. The summed E-state index contributed by atoms with van der Waals surface area (Å²) >= 11 is 0. The van der Waals surface area contributed by atoms with Crippen molar-refractivity contribution in [2.24, 2.45) is 0 Å². The SMILES string of the molecule is Cc1cc(F)cc2c(=O)[nH]c(-c3ccc(C(C)(C)/C=C4/CCC(O)C4)cc3)cc12. The molecule has 0 amide bonds. The summed E-state index contributed by atoms with van der Waals surface area (Å²) in [5.74, 6) is -0.399. The highest BCUT2D eigenvalue weighted by Crippen LogP contribution is 2.33. The summed E-state index contributed by atoms with van der Waals surface area (Å²) < 4.78 is 13.7. The second kappa shape index (κ2) is 7.27. The maximum absolute atomic E-state index is 13.7. The predicted molar refractivity (Wildman–Crippen MR) is 116 cm³/mol. The van der Waals surface area contributed by atoms with E-state index in [9.17, 15) is 14.3 Å². The fourth-order valence-electron chi connectivity index (χ4n) is 4.32. The highest BCUT2D eigenvalue weighted by atomic mass is 19.1. The van der Waals surface area contributed by atoms with Crippen LogP contribution in [0.1, 0.15) is 44.2 Å². The number of aliphatic hydroxyl groups excluding tert-OH is 1. The molecule has 1 aromatic heterocycles. The summed E-state index contributed by atoms with van der Waals surface area (Å²) in [4.78, 5) is 15.4. The molecule has 3 aromatic rings. The van der Waals surface area contributed by atoms with Crippen LogP contribution in [0.5, 0.6) is 0 Å². The van der Waals surface area contributed by atoms with E-state index in [2.05, 4.69) is 37.0 Å². The number of nitrogens with one attached hydrogen (secondary N) is 1. The smallest absolute Gasteiger partial charge is 0.256 e. The first-order valence-corrected chi connectivity index (χ1v) is 10.1. The van der Waals surface area contributed by atoms with Gasteiger partial charge in [-0.15, -0.1) is 0 Å². The molecule has 1 aliphatic carbocycles. The number of fused-ring (bicyclic) bond motifs is 1. The van der Waals surface area contributed by atoms with Crippen LogP contribution in [0.4, 0.5) is 4.39 Å². The third-order valence-electron chi connectivity index (χ3n) is 5.93. The molecule has 0 bridgehead atoms. The number of pyridine rings is 1. The molecule has 4 heteroatoms. The Hall–Kier alpha value is -2.72. The van der Waals surface area contributed by atoms with Gasteiger partial charge in [-0.05, 0) is 66.5 Å². The normalized spacial score (nSPS) is 18.7. The van der Waals surface area contributed by atoms with Crippen LogP contribution in [-0.2, 0) is 5.41 Å². The first kappa shape index (κ1) is 19.6. The van der Waals surface area contributed by atoms with Crippen LogP contribution in [0.2, 0.25) is 0 Å². The minimum atomic E-state index is -0.399. The van der Waals surface area contributed by atoms with E-state index in [0.29, 0.717) is 5.39 Å². The lowest BCUT2D eigenvalue weighted by molar-refractivity contribution is 0.186. The number of hydrogen-bond acceptors (Lipinski definition) is 2. The fraction of sp³-hybridized carbons (Fsp3) is 0.320. The van der Waals surface area contributed by atoms with Crippen LogP contribution < -0.4 is 5.56 Å². The van der Waals surface area contributed by atoms with E-state index in [4.69, 9.17) is 0 Å². The first-order valence-electron chi connectivity index (χ1n) is 10.1. The number of allylic oxidation sites excluding steroid dienone is 1. The predicted octanol–water partition coefficient (Wildman–Crippen LogP) is 5.39. The van der Waals surface area contributed by atoms with Crippen molar-refractivity contribution in [3.63, 3.8) is 0 Å². The maximum Gasteiger partial charge on any atom is 0.256 e. The zero-order valence-corrected chi connectivity index (χ0v) is 17.1. The van der Waals surface area contributed by atoms with Crippen molar-refractivity contribution in [2.45, 2.75) is 51.6 Å². The van der Waals surface area contributed by atoms with Crippen molar-refractivity contribution in [3.05, 3.63) is 81.4 Å². The van der Waals surface area contributed by atoms with Gasteiger partial charge in [0, 0.05) is 11.1 Å². The lowest BCUT2D eigenvalue weighted by atomic mass is 9.82. The van der Waals surface area contributed by atoms with Crippen LogP contribution >= 0.6 is 0 Å². The molecule has 4 rings (SSSR count). The van der Waals surface area contributed by atoms with E-state index in [1.165, 1.54) is 23.3 Å². The van der Waals surface area contributed by atoms with Gasteiger partial charge in [-0.25, -0.2) is 4.39 Å². The topological polar surface area (TPSA) is 53.1 Å². The quantitative estimate of drug-likeness (QED) is 0.588. The average molecular weight is 391 g/mol. The molecule has 29 heavy (non-hydrogen) atoms. The van der Waals surface area contributed by atoms with Crippen molar-refractivity contribution in [3.8, 4) is 11.3 Å². The van der Waals surface area contributed by atoms with E-state index >= 15 is 0 Å². The fourth-order valence-corrected chi connectivity index (χ4v) is 4.32. The van der Waals surface area contributed by atoms with Gasteiger partial charge in [0.25, 0.3) is 5.56 Å². The molecular weight excluding hydrogens is 365 g/mol. The molecule has 1 aliphatic rings. The number of benzene rings is 2. The van der Waals surface area contributed by atoms with Crippen molar-refractivity contribution >= 4 is 10.8 Å². The van der Waals surface area contributed by atoms with E-state index < -0.39 is 5.82 Å². The summed E-state index contributed by atoms with van der Waals surface area (Å²) in [7, 11) is 0. The lowest BCUT2D eigenvalue weighted by Crippen LogP contribution is -2.14. The van der Waals surface area contributed by atoms with Crippen LogP contribution in [0, 0.1) is 12.7 Å². The van der Waals surface area contributed by atoms with Gasteiger partial charge in [0.2, 0.25) is 0 Å². The summed E-state index contributed by atoms with van der Waals surface area (Å²) in [6.45, 7) is 6.17. The van der Waals surface area contributed by atoms with E-state index in [-0.39, 0.29) is 17.1 Å². The molecule has 1 saturated carbocycles. The largest absolute Gasteiger partial charge is 0.393 e. The van der Waals surface area contributed by atoms with Crippen LogP contribution in [0.25, 0.3) is 22.0 Å². The number of aromatic nitrogens is 1. The molecule has 0 aliphatic heterocycles. The standard InChI is InChI=1S/C25H26FNO2/c1-15-10-19(26)12-22-21(15)13-23(27-24(22)29)17-5-7-18(8-6-17)25(2,3)14-16-4-9-20(28)11-16/h5-8,10,12-14,20,28H,4,9,11H2,1-3H3,(H,27,29)/b16-14-. The Bertz CT molecular complexity index is 1160. The minimum absolute atomic E-state index is 0.136. The average Bonchev–Trinajstić information content (AvgIpc) is 3.06. The molecule has 2 aromatic carbocycles. The Balaban J connectivity index is 1.68. The van der Waals surface area contributed by atoms with Crippen LogP contribution in [0.3, 0.4) is 0 Å². The van der Waals surface area contributed by atoms with Crippen molar-refractivity contribution in [2.75, 3.05) is 0 Å². The summed E-state index contributed by atoms with van der Waals surface area (Å²) in [5, 5.41) is 10.9. The number of rotatable bonds is 3. The number of halogens is 1. The molecule has 0 saturated heterocycles. The maximum atomic E-state index is 13.7. The van der Waals surface area contributed by atoms with Gasteiger partial charge in [-0.1, -0.05) is 49.8 Å². The number of H-pyrrole nitrogens is 1. The number of aryl methyl sites for hydroxylation is 1. The highest BCUT2D eigenvalue weighted by molar-refractivity contribution is 5.88. The summed E-state index contributed by atoms with van der Waals surface area (Å²) in [6.07, 6.45) is 4.63. The molecule has 3 nitrogen and oxygen atoms in total. The van der Waals surface area contributed by atoms with E-state index in [0.717, 1.165) is 41.5 Å². The molecule has 2 N–H and O–H groups in total. The Kier molecular flexibility index (Phi) is 4.91. The lowest BCUT2D eigenvalue weighted by Gasteiger charge is -2.23. The van der Waals surface area contributed by atoms with Crippen molar-refractivity contribution in [1.82, 2.24) is 4.98 Å². The summed E-state index contributed by atoms with van der Waals surface area (Å²) in [6, 6.07) is 12.8. The minimum Gasteiger partial charge on any atom is -0.393 e. The Labute approximate surface area is 169 Å². The third-order valence-corrected chi connectivity index (χ3v) is 5.93. The zero-order chi connectivity index (χ0) is 20.8. The van der Waals surface area contributed by atoms with Gasteiger partial charge in [-0.2, -0.15) is 0 Å². The molecule has 1 unspecified atom stereocenters. The molecule has 1 heterocycles. The van der Waals surface area contributed by atoms with Crippen molar-refractivity contribution in [1.29, 1.82) is 0 Å². The van der Waals surface area contributed by atoms with Gasteiger partial charge in [0.15, 0.2) is 0 Å². The number of aromatic amines is 1. The second-order valence-electron chi connectivity index (χ2n) is 8.69. The summed E-state index contributed by atoms with van der Waals surface area (Å²) in [5.41, 5.74) is 4.45. The zero-order valence-electron chi connectivity index (χ0n) is 17.1. The van der Waals surface area contributed by atoms with Gasteiger partial charge in [-0.3, -0.25) is 4.79 Å². The van der Waals surface area contributed by atoms with Gasteiger partial charge < -0.3 is 10.1 Å². The van der Waals surface area contributed by atoms with E-state index in [1.807, 2.05) is 25.1 Å². The monoisotopic (exact) mass is 391 g/mol. The highest BCUT2D eigenvalue weighted by Gasteiger charge is 2.23. The van der Waals surface area contributed by atoms with Crippen LogP contribution in [0.15, 0.2) is 58.9 Å². The van der Waals surface area contributed by atoms with Gasteiger partial charge >= 0.3 is 0 Å². The molecular formula is C25H26FNO2. The van der Waals surface area contributed by atoms with Crippen LogP contribution in [-0.4, -0.2) is 16.2 Å². The molecule has 1 fully saturated rings. The number of hydrogen-bond donors (Lipinski definition) is 2. The Morgan fingerprint density at radius 3 is 2.52 bits per heavy atom. The van der Waals surface area contributed by atoms with Crippen molar-refractivity contribution < 1.29 is 9.50 Å². The Morgan fingerprint density at radius 1 is 1.14 bits per heavy atom. The second-order valence-corrected chi connectivity index (χ2v) is 8.69. The van der Waals surface area contributed by atoms with Gasteiger partial charge in [0.1, 0.15) is 5.82 Å². The Morgan fingerprint density at radius 2 is 1.86 bits per heavy atom. The first-order chi connectivity index (χ1) is 13.7. The molecule has 150 valence electrons. The molecule has 0 radical (unpaired) electrons. The third kappa shape index (κ3) is 3.90. The molecule has 0 spiro atoms.